The molecule has 160 valence electrons. The van der Waals surface area contributed by atoms with Gasteiger partial charge < -0.3 is 24.0 Å². The molecule has 1 aromatic carbocycles. The highest BCUT2D eigenvalue weighted by Gasteiger charge is 2.43. The first kappa shape index (κ1) is 20.7. The van der Waals surface area contributed by atoms with Crippen LogP contribution >= 0.6 is 11.3 Å². The summed E-state index contributed by atoms with van der Waals surface area (Å²) in [5.41, 5.74) is 0.923. The maximum Gasteiger partial charge on any atom is 0.263 e. The first-order valence-electron chi connectivity index (χ1n) is 10.0. The van der Waals surface area contributed by atoms with Crippen molar-refractivity contribution in [2.45, 2.75) is 5.92 Å². The number of hydrogen-bond donors (Lipinski definition) is 0. The summed E-state index contributed by atoms with van der Waals surface area (Å²) in [5, 5.41) is 1.89. The molecule has 30 heavy (non-hydrogen) atoms. The van der Waals surface area contributed by atoms with E-state index in [0.29, 0.717) is 55.8 Å². The minimum absolute atomic E-state index is 0.0280. The van der Waals surface area contributed by atoms with Crippen molar-refractivity contribution >= 4 is 23.2 Å². The number of thiophene rings is 1. The molecule has 8 heteroatoms. The largest absolute Gasteiger partial charge is 0.497 e. The summed E-state index contributed by atoms with van der Waals surface area (Å²) in [4.78, 5) is 30.8. The van der Waals surface area contributed by atoms with E-state index in [1.807, 2.05) is 40.6 Å². The van der Waals surface area contributed by atoms with Crippen LogP contribution in [-0.4, -0.2) is 75.2 Å². The molecule has 0 spiro atoms. The Hall–Kier alpha value is -2.58. The molecule has 0 unspecified atom stereocenters. The standard InChI is InChI=1S/C22H26N2O5S/c1-27-15-5-6-16(19(12-15)28-2)17-13-24(22(26)20-4-3-11-30-20)14-18(17)21(25)23-7-9-29-10-8-23/h3-6,11-12,17-18H,7-10,13-14H2,1-2H3/t17-,18+/m0/s1. The smallest absolute Gasteiger partial charge is 0.263 e. The van der Waals surface area contributed by atoms with E-state index in [9.17, 15) is 9.59 Å². The summed E-state index contributed by atoms with van der Waals surface area (Å²) >= 11 is 1.42. The Morgan fingerprint density at radius 1 is 1.07 bits per heavy atom. The van der Waals surface area contributed by atoms with Gasteiger partial charge in [-0.2, -0.15) is 0 Å². The van der Waals surface area contributed by atoms with E-state index in [0.717, 1.165) is 5.56 Å². The van der Waals surface area contributed by atoms with E-state index in [1.165, 1.54) is 11.3 Å². The molecule has 0 saturated carbocycles. The lowest BCUT2D eigenvalue weighted by Crippen LogP contribution is -2.45. The van der Waals surface area contributed by atoms with Crippen molar-refractivity contribution in [3.05, 3.63) is 46.2 Å². The Labute approximate surface area is 180 Å². The van der Waals surface area contributed by atoms with Crippen LogP contribution in [0.2, 0.25) is 0 Å². The van der Waals surface area contributed by atoms with Crippen LogP contribution in [-0.2, 0) is 9.53 Å². The lowest BCUT2D eigenvalue weighted by atomic mass is 9.87. The second kappa shape index (κ2) is 9.06. The van der Waals surface area contributed by atoms with Gasteiger partial charge in [0.25, 0.3) is 5.91 Å². The minimum atomic E-state index is -0.325. The Kier molecular flexibility index (Phi) is 6.24. The van der Waals surface area contributed by atoms with Crippen LogP contribution in [0, 0.1) is 5.92 Å². The van der Waals surface area contributed by atoms with Crippen molar-refractivity contribution in [2.75, 3.05) is 53.6 Å². The number of rotatable bonds is 5. The quantitative estimate of drug-likeness (QED) is 0.729. The van der Waals surface area contributed by atoms with Crippen LogP contribution in [0.25, 0.3) is 0 Å². The third-order valence-electron chi connectivity index (χ3n) is 5.82. The molecule has 2 fully saturated rings. The summed E-state index contributed by atoms with van der Waals surface area (Å²) in [6, 6.07) is 9.34. The zero-order chi connectivity index (χ0) is 21.1. The van der Waals surface area contributed by atoms with Gasteiger partial charge in [0.2, 0.25) is 5.91 Å². The maximum atomic E-state index is 13.4. The number of amides is 2. The summed E-state index contributed by atoms with van der Waals surface area (Å²) < 4.78 is 16.3. The fraction of sp³-hybridized carbons (Fsp3) is 0.455. The summed E-state index contributed by atoms with van der Waals surface area (Å²) in [7, 11) is 3.22. The number of nitrogens with zero attached hydrogens (tertiary/aromatic N) is 2. The molecular weight excluding hydrogens is 404 g/mol. The topological polar surface area (TPSA) is 68.3 Å². The predicted molar refractivity (Wildman–Crippen MR) is 113 cm³/mol. The number of ether oxygens (including phenoxy) is 3. The van der Waals surface area contributed by atoms with E-state index in [4.69, 9.17) is 14.2 Å². The van der Waals surface area contributed by atoms with Crippen LogP contribution in [0.3, 0.4) is 0 Å². The number of carbonyl (C=O) groups excluding carboxylic acids is 2. The van der Waals surface area contributed by atoms with Crippen molar-refractivity contribution in [3.8, 4) is 11.5 Å². The second-order valence-corrected chi connectivity index (χ2v) is 8.39. The molecule has 2 saturated heterocycles. The Bertz CT molecular complexity index is 895. The Morgan fingerprint density at radius 3 is 2.53 bits per heavy atom. The number of morpholine rings is 1. The summed E-state index contributed by atoms with van der Waals surface area (Å²) in [6.07, 6.45) is 0. The van der Waals surface area contributed by atoms with Gasteiger partial charge >= 0.3 is 0 Å². The highest BCUT2D eigenvalue weighted by Crippen LogP contribution is 2.40. The van der Waals surface area contributed by atoms with Crippen LogP contribution in [0.4, 0.5) is 0 Å². The predicted octanol–water partition coefficient (Wildman–Crippen LogP) is 2.48. The zero-order valence-electron chi connectivity index (χ0n) is 17.2. The molecule has 0 aliphatic carbocycles. The van der Waals surface area contributed by atoms with Gasteiger partial charge in [-0.05, 0) is 17.5 Å². The molecule has 2 aromatic rings. The van der Waals surface area contributed by atoms with Crippen molar-refractivity contribution in [1.82, 2.24) is 9.80 Å². The Morgan fingerprint density at radius 2 is 1.87 bits per heavy atom. The van der Waals surface area contributed by atoms with Crippen LogP contribution < -0.4 is 9.47 Å². The van der Waals surface area contributed by atoms with Gasteiger partial charge in [-0.3, -0.25) is 9.59 Å². The van der Waals surface area contributed by atoms with Crippen LogP contribution in [0.5, 0.6) is 11.5 Å². The molecule has 2 atom stereocenters. The van der Waals surface area contributed by atoms with Gasteiger partial charge in [0.15, 0.2) is 0 Å². The third kappa shape index (κ3) is 4.02. The van der Waals surface area contributed by atoms with Crippen molar-refractivity contribution < 1.29 is 23.8 Å². The molecule has 0 N–H and O–H groups in total. The lowest BCUT2D eigenvalue weighted by Gasteiger charge is -2.31. The van der Waals surface area contributed by atoms with Crippen LogP contribution in [0.1, 0.15) is 21.2 Å². The molecule has 0 radical (unpaired) electrons. The average molecular weight is 431 g/mol. The first-order valence-corrected chi connectivity index (χ1v) is 10.9. The van der Waals surface area contributed by atoms with E-state index in [2.05, 4.69) is 0 Å². The van der Waals surface area contributed by atoms with E-state index in [1.54, 1.807) is 19.1 Å². The summed E-state index contributed by atoms with van der Waals surface area (Å²) in [6.45, 7) is 3.13. The summed E-state index contributed by atoms with van der Waals surface area (Å²) in [5.74, 6) is 0.933. The molecule has 2 amide bonds. The van der Waals surface area contributed by atoms with Crippen LogP contribution in [0.15, 0.2) is 35.7 Å². The zero-order valence-corrected chi connectivity index (χ0v) is 18.0. The highest BCUT2D eigenvalue weighted by atomic mass is 32.1. The Balaban J connectivity index is 1.65. The molecule has 4 rings (SSSR count). The van der Waals surface area contributed by atoms with E-state index < -0.39 is 0 Å². The molecule has 7 nitrogen and oxygen atoms in total. The van der Waals surface area contributed by atoms with Crippen molar-refractivity contribution in [2.24, 2.45) is 5.92 Å². The molecule has 2 aliphatic rings. The maximum absolute atomic E-state index is 13.4. The first-order chi connectivity index (χ1) is 14.6. The van der Waals surface area contributed by atoms with E-state index >= 15 is 0 Å². The van der Waals surface area contributed by atoms with Gasteiger partial charge in [0.1, 0.15) is 11.5 Å². The average Bonchev–Trinajstić information content (AvgIpc) is 3.49. The van der Waals surface area contributed by atoms with Gasteiger partial charge in [0, 0.05) is 43.7 Å². The number of methoxy groups -OCH3 is 2. The highest BCUT2D eigenvalue weighted by molar-refractivity contribution is 7.12. The number of carbonyl (C=O) groups is 2. The minimum Gasteiger partial charge on any atom is -0.497 e. The monoisotopic (exact) mass is 430 g/mol. The molecular formula is C22H26N2O5S. The fourth-order valence-corrected chi connectivity index (χ4v) is 4.92. The molecule has 1 aromatic heterocycles. The van der Waals surface area contributed by atoms with Gasteiger partial charge in [-0.15, -0.1) is 11.3 Å². The van der Waals surface area contributed by atoms with Gasteiger partial charge in [0.05, 0.1) is 38.2 Å². The van der Waals surface area contributed by atoms with Crippen molar-refractivity contribution in [3.63, 3.8) is 0 Å². The van der Waals surface area contributed by atoms with E-state index in [-0.39, 0.29) is 23.7 Å². The third-order valence-corrected chi connectivity index (χ3v) is 6.68. The number of benzene rings is 1. The molecule has 3 heterocycles. The van der Waals surface area contributed by atoms with Gasteiger partial charge in [-0.25, -0.2) is 0 Å². The fourth-order valence-electron chi connectivity index (χ4n) is 4.23. The van der Waals surface area contributed by atoms with Gasteiger partial charge in [-0.1, -0.05) is 12.1 Å². The molecule has 0 bridgehead atoms. The second-order valence-electron chi connectivity index (χ2n) is 7.45. The SMILES string of the molecule is COc1ccc([C@@H]2CN(C(=O)c3cccs3)C[C@H]2C(=O)N2CCOCC2)c(OC)c1. The van der Waals surface area contributed by atoms with Crippen molar-refractivity contribution in [1.29, 1.82) is 0 Å². The lowest BCUT2D eigenvalue weighted by molar-refractivity contribution is -0.139. The number of likely N-dealkylation sites (tertiary alicyclic amines) is 1. The number of hydrogen-bond acceptors (Lipinski definition) is 6. The molecule has 2 aliphatic heterocycles. The normalized spacial score (nSPS) is 21.5.